The number of aromatic nitrogens is 1. The largest absolute Gasteiger partial charge is 0.469 e. The standard InChI is InChI=1S/C18H17F3N2O4/c1-26-16(25)7-6-15(24)23-9-8-14-13(10-23)17(22-27-14)11-2-4-12(5-3-11)18(19,20)21/h2-5H,6-10H2,1H3. The number of halogens is 3. The van der Waals surface area contributed by atoms with E-state index in [0.29, 0.717) is 35.5 Å². The molecule has 9 heteroatoms. The van der Waals surface area contributed by atoms with Crippen LogP contribution in [0.3, 0.4) is 0 Å². The van der Waals surface area contributed by atoms with Crippen molar-refractivity contribution in [2.75, 3.05) is 13.7 Å². The van der Waals surface area contributed by atoms with Gasteiger partial charge in [-0.2, -0.15) is 13.2 Å². The van der Waals surface area contributed by atoms with Gasteiger partial charge in [-0.3, -0.25) is 9.59 Å². The van der Waals surface area contributed by atoms with Crippen molar-refractivity contribution in [1.29, 1.82) is 0 Å². The van der Waals surface area contributed by atoms with Crippen LogP contribution < -0.4 is 0 Å². The summed E-state index contributed by atoms with van der Waals surface area (Å²) >= 11 is 0. The molecule has 0 spiro atoms. The number of benzene rings is 1. The first-order valence-electron chi connectivity index (χ1n) is 8.29. The molecule has 0 N–H and O–H groups in total. The molecule has 0 atom stereocenters. The summed E-state index contributed by atoms with van der Waals surface area (Å²) < 4.78 is 48.0. The lowest BCUT2D eigenvalue weighted by Gasteiger charge is -2.26. The predicted molar refractivity (Wildman–Crippen MR) is 87.3 cm³/mol. The topological polar surface area (TPSA) is 72.6 Å². The van der Waals surface area contributed by atoms with E-state index in [4.69, 9.17) is 4.52 Å². The second-order valence-corrected chi connectivity index (χ2v) is 6.15. The van der Waals surface area contributed by atoms with Gasteiger partial charge in [0.1, 0.15) is 11.5 Å². The Bertz CT molecular complexity index is 843. The van der Waals surface area contributed by atoms with Gasteiger partial charge in [-0.25, -0.2) is 0 Å². The molecule has 0 fully saturated rings. The number of fused-ring (bicyclic) bond motifs is 1. The number of rotatable bonds is 4. The number of esters is 1. The average molecular weight is 382 g/mol. The number of methoxy groups -OCH3 is 1. The van der Waals surface area contributed by atoms with Crippen molar-refractivity contribution in [3.05, 3.63) is 41.2 Å². The fraction of sp³-hybridized carbons (Fsp3) is 0.389. The van der Waals surface area contributed by atoms with Crippen molar-refractivity contribution in [3.8, 4) is 11.3 Å². The van der Waals surface area contributed by atoms with Gasteiger partial charge in [-0.1, -0.05) is 17.3 Å². The highest BCUT2D eigenvalue weighted by molar-refractivity contribution is 5.81. The normalized spacial score (nSPS) is 14.0. The van der Waals surface area contributed by atoms with E-state index in [2.05, 4.69) is 9.89 Å². The quantitative estimate of drug-likeness (QED) is 0.760. The number of nitrogens with zero attached hydrogens (tertiary/aromatic N) is 2. The van der Waals surface area contributed by atoms with E-state index >= 15 is 0 Å². The van der Waals surface area contributed by atoms with Crippen LogP contribution in [0.2, 0.25) is 0 Å². The maximum Gasteiger partial charge on any atom is 0.416 e. The van der Waals surface area contributed by atoms with Crippen LogP contribution in [-0.4, -0.2) is 35.6 Å². The van der Waals surface area contributed by atoms with Crippen molar-refractivity contribution in [2.24, 2.45) is 0 Å². The molecule has 1 aromatic heterocycles. The molecule has 1 aliphatic rings. The zero-order chi connectivity index (χ0) is 19.6. The molecule has 1 aliphatic heterocycles. The van der Waals surface area contributed by atoms with E-state index in [-0.39, 0.29) is 25.3 Å². The Morgan fingerprint density at radius 3 is 2.56 bits per heavy atom. The van der Waals surface area contributed by atoms with Crippen molar-refractivity contribution < 1.29 is 32.0 Å². The number of carbonyl (C=O) groups excluding carboxylic acids is 2. The Morgan fingerprint density at radius 2 is 1.93 bits per heavy atom. The summed E-state index contributed by atoms with van der Waals surface area (Å²) in [6.07, 6.45) is -3.94. The molecule has 0 bridgehead atoms. The third kappa shape index (κ3) is 4.12. The van der Waals surface area contributed by atoms with Crippen LogP contribution in [0, 0.1) is 0 Å². The summed E-state index contributed by atoms with van der Waals surface area (Å²) in [5, 5.41) is 3.97. The van der Waals surface area contributed by atoms with Gasteiger partial charge in [0.05, 0.1) is 25.6 Å². The summed E-state index contributed by atoms with van der Waals surface area (Å²) in [7, 11) is 1.26. The van der Waals surface area contributed by atoms with Crippen LogP contribution >= 0.6 is 0 Å². The third-order valence-electron chi connectivity index (χ3n) is 4.44. The van der Waals surface area contributed by atoms with Gasteiger partial charge in [0.15, 0.2) is 0 Å². The molecule has 6 nitrogen and oxygen atoms in total. The molecule has 2 heterocycles. The van der Waals surface area contributed by atoms with E-state index < -0.39 is 17.7 Å². The number of hydrogen-bond donors (Lipinski definition) is 0. The third-order valence-corrected chi connectivity index (χ3v) is 4.44. The number of carbonyl (C=O) groups is 2. The monoisotopic (exact) mass is 382 g/mol. The molecule has 3 rings (SSSR count). The molecule has 1 aromatic carbocycles. The zero-order valence-corrected chi connectivity index (χ0v) is 14.5. The summed E-state index contributed by atoms with van der Waals surface area (Å²) in [6.45, 7) is 0.657. The lowest BCUT2D eigenvalue weighted by Crippen LogP contribution is -2.35. The minimum Gasteiger partial charge on any atom is -0.469 e. The summed E-state index contributed by atoms with van der Waals surface area (Å²) in [5.41, 5.74) is 0.830. The van der Waals surface area contributed by atoms with Crippen molar-refractivity contribution in [1.82, 2.24) is 10.1 Å². The van der Waals surface area contributed by atoms with E-state index in [1.165, 1.54) is 19.2 Å². The van der Waals surface area contributed by atoms with E-state index in [9.17, 15) is 22.8 Å². The molecule has 0 saturated heterocycles. The maximum absolute atomic E-state index is 12.7. The Labute approximate surface area is 152 Å². The lowest BCUT2D eigenvalue weighted by molar-refractivity contribution is -0.143. The highest BCUT2D eigenvalue weighted by Gasteiger charge is 2.31. The van der Waals surface area contributed by atoms with Crippen LogP contribution in [0.1, 0.15) is 29.7 Å². The van der Waals surface area contributed by atoms with Gasteiger partial charge >= 0.3 is 12.1 Å². The fourth-order valence-electron chi connectivity index (χ4n) is 2.94. The lowest BCUT2D eigenvalue weighted by atomic mass is 10.00. The molecule has 144 valence electrons. The van der Waals surface area contributed by atoms with Gasteiger partial charge in [0.25, 0.3) is 0 Å². The predicted octanol–water partition coefficient (Wildman–Crippen LogP) is 3.20. The van der Waals surface area contributed by atoms with Crippen LogP contribution in [0.4, 0.5) is 13.2 Å². The highest BCUT2D eigenvalue weighted by Crippen LogP contribution is 2.33. The average Bonchev–Trinajstić information content (AvgIpc) is 3.08. The number of ether oxygens (including phenoxy) is 1. The second-order valence-electron chi connectivity index (χ2n) is 6.15. The molecule has 1 amide bonds. The van der Waals surface area contributed by atoms with Gasteiger partial charge in [0, 0.05) is 30.5 Å². The van der Waals surface area contributed by atoms with Crippen molar-refractivity contribution >= 4 is 11.9 Å². The Morgan fingerprint density at radius 1 is 1.22 bits per heavy atom. The van der Waals surface area contributed by atoms with E-state index in [1.807, 2.05) is 0 Å². The Balaban J connectivity index is 1.76. The molecule has 0 saturated carbocycles. The van der Waals surface area contributed by atoms with Crippen LogP contribution in [0.25, 0.3) is 11.3 Å². The smallest absolute Gasteiger partial charge is 0.416 e. The minimum absolute atomic E-state index is 0.00586. The second kappa shape index (κ2) is 7.42. The van der Waals surface area contributed by atoms with Gasteiger partial charge in [-0.05, 0) is 12.1 Å². The first-order chi connectivity index (χ1) is 12.8. The van der Waals surface area contributed by atoms with Crippen molar-refractivity contribution in [2.45, 2.75) is 32.0 Å². The molecule has 27 heavy (non-hydrogen) atoms. The van der Waals surface area contributed by atoms with Gasteiger partial charge < -0.3 is 14.2 Å². The molecular weight excluding hydrogens is 365 g/mol. The fourth-order valence-corrected chi connectivity index (χ4v) is 2.94. The Hall–Kier alpha value is -2.84. The Kier molecular flexibility index (Phi) is 5.20. The van der Waals surface area contributed by atoms with E-state index in [1.54, 1.807) is 4.90 Å². The summed E-state index contributed by atoms with van der Waals surface area (Å²) in [5.74, 6) is -0.0518. The van der Waals surface area contributed by atoms with Gasteiger partial charge in [-0.15, -0.1) is 0 Å². The molecule has 2 aromatic rings. The minimum atomic E-state index is -4.41. The number of hydrogen-bond acceptors (Lipinski definition) is 5. The number of amides is 1. The first kappa shape index (κ1) is 18.9. The highest BCUT2D eigenvalue weighted by atomic mass is 19.4. The maximum atomic E-state index is 12.7. The number of alkyl halides is 3. The SMILES string of the molecule is COC(=O)CCC(=O)N1CCc2onc(-c3ccc(C(F)(F)F)cc3)c2C1. The van der Waals surface area contributed by atoms with Gasteiger partial charge in [0.2, 0.25) is 5.91 Å². The zero-order valence-electron chi connectivity index (χ0n) is 14.5. The van der Waals surface area contributed by atoms with Crippen molar-refractivity contribution in [3.63, 3.8) is 0 Å². The van der Waals surface area contributed by atoms with Crippen LogP contribution in [0.5, 0.6) is 0 Å². The van der Waals surface area contributed by atoms with E-state index in [0.717, 1.165) is 12.1 Å². The first-order valence-corrected chi connectivity index (χ1v) is 8.29. The van der Waals surface area contributed by atoms with Crippen LogP contribution in [0.15, 0.2) is 28.8 Å². The summed E-state index contributed by atoms with van der Waals surface area (Å²) in [6, 6.07) is 4.63. The molecule has 0 aliphatic carbocycles. The molecular formula is C18H17F3N2O4. The molecule has 0 radical (unpaired) electrons. The summed E-state index contributed by atoms with van der Waals surface area (Å²) in [4.78, 5) is 25.1. The molecule has 0 unspecified atom stereocenters. The van der Waals surface area contributed by atoms with Crippen LogP contribution in [-0.2, 0) is 33.5 Å².